The SMILES string of the molecule is CC/C=C/C/C=C/C/C=C/C/C=C/C/C=C/CCCCCC(=O)OC[C@@H](COP(=O)([O-])OCC[N+](C)(C)C)OC(=O)CCCCCCCCCCCC. The van der Waals surface area contributed by atoms with Crippen LogP contribution in [0, 0.1) is 0 Å². The van der Waals surface area contributed by atoms with Gasteiger partial charge < -0.3 is 27.9 Å². The van der Waals surface area contributed by atoms with Gasteiger partial charge in [0.1, 0.15) is 19.8 Å². The van der Waals surface area contributed by atoms with Crippen molar-refractivity contribution < 1.29 is 42.1 Å². The number of unbranched alkanes of at least 4 members (excludes halogenated alkanes) is 12. The first-order valence-corrected chi connectivity index (χ1v) is 22.0. The first-order chi connectivity index (χ1) is 25.5. The van der Waals surface area contributed by atoms with Crippen molar-refractivity contribution in [3.8, 4) is 0 Å². The fraction of sp³-hybridized carbons (Fsp3) is 0.721. The minimum absolute atomic E-state index is 0.0382. The summed E-state index contributed by atoms with van der Waals surface area (Å²) in [6, 6.07) is 0. The Morgan fingerprint density at radius 3 is 1.60 bits per heavy atom. The molecular weight excluding hydrogens is 689 g/mol. The summed E-state index contributed by atoms with van der Waals surface area (Å²) in [5.41, 5.74) is 0. The molecular formula is C43H76NO8P. The molecule has 1 unspecified atom stereocenters. The normalized spacial score (nSPS) is 14.3. The predicted octanol–water partition coefficient (Wildman–Crippen LogP) is 10.7. The molecule has 9 nitrogen and oxygen atoms in total. The van der Waals surface area contributed by atoms with Gasteiger partial charge in [0.2, 0.25) is 0 Å². The van der Waals surface area contributed by atoms with E-state index in [1.165, 1.54) is 38.5 Å². The number of allylic oxidation sites excluding steroid dienone is 10. The van der Waals surface area contributed by atoms with Crippen molar-refractivity contribution in [2.24, 2.45) is 0 Å². The smallest absolute Gasteiger partial charge is 0.306 e. The number of nitrogens with zero attached hydrogens (tertiary/aromatic N) is 1. The van der Waals surface area contributed by atoms with E-state index in [-0.39, 0.29) is 26.1 Å². The van der Waals surface area contributed by atoms with Gasteiger partial charge in [-0.05, 0) is 57.8 Å². The molecule has 0 aromatic rings. The molecule has 0 aromatic carbocycles. The molecule has 10 heteroatoms. The summed E-state index contributed by atoms with van der Waals surface area (Å²) in [6.45, 7) is 4.03. The summed E-state index contributed by atoms with van der Waals surface area (Å²) in [7, 11) is 1.14. The van der Waals surface area contributed by atoms with Gasteiger partial charge in [0.15, 0.2) is 6.10 Å². The van der Waals surface area contributed by atoms with Crippen LogP contribution in [0.2, 0.25) is 0 Å². The van der Waals surface area contributed by atoms with Gasteiger partial charge in [0.05, 0.1) is 27.7 Å². The summed E-state index contributed by atoms with van der Waals surface area (Å²) in [5.74, 6) is -0.879. The van der Waals surface area contributed by atoms with E-state index in [0.717, 1.165) is 70.6 Å². The molecule has 0 bridgehead atoms. The molecule has 53 heavy (non-hydrogen) atoms. The lowest BCUT2D eigenvalue weighted by molar-refractivity contribution is -0.870. The Balaban J connectivity index is 4.42. The average molecular weight is 766 g/mol. The fourth-order valence-electron chi connectivity index (χ4n) is 5.09. The van der Waals surface area contributed by atoms with Gasteiger partial charge in [-0.3, -0.25) is 14.2 Å². The molecule has 0 amide bonds. The van der Waals surface area contributed by atoms with Crippen LogP contribution in [-0.2, 0) is 32.7 Å². The highest BCUT2D eigenvalue weighted by molar-refractivity contribution is 7.45. The monoisotopic (exact) mass is 766 g/mol. The summed E-state index contributed by atoms with van der Waals surface area (Å²) >= 11 is 0. The number of phosphoric ester groups is 1. The van der Waals surface area contributed by atoms with Crippen LogP contribution in [0.5, 0.6) is 0 Å². The van der Waals surface area contributed by atoms with E-state index in [0.29, 0.717) is 23.9 Å². The number of hydrogen-bond donors (Lipinski definition) is 0. The average Bonchev–Trinajstić information content (AvgIpc) is 3.10. The standard InChI is InChI=1S/C43H76NO8P/c1-6-8-10-12-14-16-18-19-20-21-22-23-24-25-26-28-29-31-33-35-42(45)49-39-41(40-51-53(47,48)50-38-37-44(3,4)5)52-43(46)36-34-32-30-27-17-15-13-11-9-7-2/h8,10,14,16,19-20,22-23,25-26,41H,6-7,9,11-13,15,17-18,21,24,27-40H2,1-5H3/b10-8+,16-14+,20-19+,23-22+,26-25+/t41-/m0/s1. The van der Waals surface area contributed by atoms with Crippen molar-refractivity contribution in [2.45, 2.75) is 155 Å². The Morgan fingerprint density at radius 2 is 1.08 bits per heavy atom. The Bertz CT molecular complexity index is 1090. The second-order valence-electron chi connectivity index (χ2n) is 14.6. The fourth-order valence-corrected chi connectivity index (χ4v) is 5.82. The Kier molecular flexibility index (Phi) is 33.9. The first kappa shape index (κ1) is 50.7. The topological polar surface area (TPSA) is 111 Å². The maximum absolute atomic E-state index is 12.6. The van der Waals surface area contributed by atoms with E-state index in [2.05, 4.69) is 74.6 Å². The van der Waals surface area contributed by atoms with Crippen molar-refractivity contribution in [3.05, 3.63) is 60.8 Å². The van der Waals surface area contributed by atoms with Crippen molar-refractivity contribution in [1.82, 2.24) is 0 Å². The zero-order valence-corrected chi connectivity index (χ0v) is 35.1. The van der Waals surface area contributed by atoms with E-state index in [1.807, 2.05) is 21.1 Å². The lowest BCUT2D eigenvalue weighted by Crippen LogP contribution is -2.37. The second-order valence-corrected chi connectivity index (χ2v) is 16.0. The molecule has 0 aliphatic heterocycles. The summed E-state index contributed by atoms with van der Waals surface area (Å²) < 4.78 is 33.7. The van der Waals surface area contributed by atoms with Crippen molar-refractivity contribution >= 4 is 19.8 Å². The molecule has 0 fully saturated rings. The number of carbonyl (C=O) groups is 2. The van der Waals surface area contributed by atoms with E-state index in [4.69, 9.17) is 18.5 Å². The zero-order chi connectivity index (χ0) is 39.3. The molecule has 2 atom stereocenters. The highest BCUT2D eigenvalue weighted by atomic mass is 31.2. The molecule has 306 valence electrons. The van der Waals surface area contributed by atoms with Crippen LogP contribution in [0.25, 0.3) is 0 Å². The minimum atomic E-state index is -4.63. The number of hydrogen-bond acceptors (Lipinski definition) is 8. The van der Waals surface area contributed by atoms with E-state index in [9.17, 15) is 19.0 Å². The molecule has 0 heterocycles. The Hall–Kier alpha value is -2.29. The number of phosphoric acid groups is 1. The molecule has 0 saturated heterocycles. The first-order valence-electron chi connectivity index (χ1n) is 20.5. The van der Waals surface area contributed by atoms with E-state index >= 15 is 0 Å². The molecule has 0 saturated carbocycles. The van der Waals surface area contributed by atoms with Gasteiger partial charge in [-0.1, -0.05) is 139 Å². The summed E-state index contributed by atoms with van der Waals surface area (Å²) in [6.07, 6.45) is 41.1. The third-order valence-corrected chi connectivity index (χ3v) is 9.27. The lowest BCUT2D eigenvalue weighted by atomic mass is 10.1. The molecule has 0 aliphatic carbocycles. The maximum atomic E-state index is 12.6. The van der Waals surface area contributed by atoms with Gasteiger partial charge >= 0.3 is 11.9 Å². The molecule has 0 N–H and O–H groups in total. The van der Waals surface area contributed by atoms with Gasteiger partial charge in [-0.25, -0.2) is 0 Å². The number of rotatable bonds is 36. The highest BCUT2D eigenvalue weighted by Gasteiger charge is 2.21. The Labute approximate surface area is 324 Å². The van der Waals surface area contributed by atoms with Crippen molar-refractivity contribution in [3.63, 3.8) is 0 Å². The van der Waals surface area contributed by atoms with Crippen LogP contribution >= 0.6 is 7.82 Å². The summed E-state index contributed by atoms with van der Waals surface area (Å²) in [4.78, 5) is 37.4. The van der Waals surface area contributed by atoms with Gasteiger partial charge in [-0.15, -0.1) is 0 Å². The molecule has 0 rings (SSSR count). The number of likely N-dealkylation sites (N-methyl/N-ethyl adjacent to an activating group) is 1. The molecule has 0 aromatic heterocycles. The zero-order valence-electron chi connectivity index (χ0n) is 34.2. The van der Waals surface area contributed by atoms with Crippen molar-refractivity contribution in [1.29, 1.82) is 0 Å². The highest BCUT2D eigenvalue weighted by Crippen LogP contribution is 2.38. The van der Waals surface area contributed by atoms with Crippen molar-refractivity contribution in [2.75, 3.05) is 47.5 Å². The van der Waals surface area contributed by atoms with Gasteiger partial charge in [0, 0.05) is 12.8 Å². The lowest BCUT2D eigenvalue weighted by Gasteiger charge is -2.28. The second kappa shape index (κ2) is 35.4. The third-order valence-electron chi connectivity index (χ3n) is 8.30. The Morgan fingerprint density at radius 1 is 0.604 bits per heavy atom. The maximum Gasteiger partial charge on any atom is 0.306 e. The van der Waals surface area contributed by atoms with Gasteiger partial charge in [-0.2, -0.15) is 0 Å². The van der Waals surface area contributed by atoms with Crippen LogP contribution in [0.1, 0.15) is 149 Å². The van der Waals surface area contributed by atoms with E-state index < -0.39 is 32.5 Å². The van der Waals surface area contributed by atoms with Crippen LogP contribution in [0.4, 0.5) is 0 Å². The molecule has 0 spiro atoms. The number of carbonyl (C=O) groups excluding carboxylic acids is 2. The number of quaternary nitrogens is 1. The van der Waals surface area contributed by atoms with Crippen LogP contribution < -0.4 is 4.89 Å². The predicted molar refractivity (Wildman–Crippen MR) is 217 cm³/mol. The quantitative estimate of drug-likeness (QED) is 0.0204. The van der Waals surface area contributed by atoms with Crippen LogP contribution in [0.3, 0.4) is 0 Å². The number of ether oxygens (including phenoxy) is 2. The third kappa shape index (κ3) is 39.2. The van der Waals surface area contributed by atoms with Gasteiger partial charge in [0.25, 0.3) is 7.82 Å². The van der Waals surface area contributed by atoms with E-state index in [1.54, 1.807) is 0 Å². The van der Waals surface area contributed by atoms with Crippen LogP contribution in [-0.4, -0.2) is 70.0 Å². The largest absolute Gasteiger partial charge is 0.756 e. The minimum Gasteiger partial charge on any atom is -0.756 e. The molecule has 0 radical (unpaired) electrons. The molecule has 0 aliphatic rings. The van der Waals surface area contributed by atoms with Crippen LogP contribution in [0.15, 0.2) is 60.8 Å². The number of esters is 2. The summed E-state index contributed by atoms with van der Waals surface area (Å²) in [5, 5.41) is 0.